The van der Waals surface area contributed by atoms with E-state index in [1.807, 2.05) is 14.1 Å². The minimum atomic E-state index is -1.13. The highest BCUT2D eigenvalue weighted by molar-refractivity contribution is 7.09. The van der Waals surface area contributed by atoms with E-state index in [1.165, 1.54) is 11.5 Å². The van der Waals surface area contributed by atoms with E-state index in [0.29, 0.717) is 11.1 Å². The molecule has 1 fully saturated rings. The molecule has 108 valence electrons. The van der Waals surface area contributed by atoms with E-state index in [0.717, 1.165) is 0 Å². The molecule has 2 rings (SSSR count). The van der Waals surface area contributed by atoms with Gasteiger partial charge in [-0.05, 0) is 0 Å². The third kappa shape index (κ3) is 3.12. The van der Waals surface area contributed by atoms with Gasteiger partial charge >= 0.3 is 0 Å². The highest BCUT2D eigenvalue weighted by atomic mass is 32.1. The lowest BCUT2D eigenvalue weighted by atomic mass is 9.99. The summed E-state index contributed by atoms with van der Waals surface area (Å²) in [5.41, 5.74) is 0. The van der Waals surface area contributed by atoms with Gasteiger partial charge in [-0.3, -0.25) is 0 Å². The number of hydrogen-bond acceptors (Lipinski definition) is 9. The second-order valence-corrected chi connectivity index (χ2v) is 5.33. The molecule has 4 atom stereocenters. The first-order valence-corrected chi connectivity index (χ1v) is 6.66. The topological polar surface area (TPSA) is 111 Å². The Morgan fingerprint density at radius 1 is 1.42 bits per heavy atom. The van der Waals surface area contributed by atoms with Gasteiger partial charge in [-0.1, -0.05) is 0 Å². The molecule has 0 spiro atoms. The summed E-state index contributed by atoms with van der Waals surface area (Å²) in [6, 6.07) is -0.485. The van der Waals surface area contributed by atoms with Crippen molar-refractivity contribution in [2.75, 3.05) is 37.5 Å². The predicted molar refractivity (Wildman–Crippen MR) is 70.5 cm³/mol. The minimum absolute atomic E-state index is 0.181. The molecule has 8 nitrogen and oxygen atoms in total. The fraction of sp³-hybridized carbons (Fsp3) is 0.800. The second kappa shape index (κ2) is 5.97. The molecule has 9 heteroatoms. The van der Waals surface area contributed by atoms with Crippen molar-refractivity contribution >= 4 is 22.6 Å². The fourth-order valence-corrected chi connectivity index (χ4v) is 2.48. The van der Waals surface area contributed by atoms with Crippen LogP contribution in [-0.4, -0.2) is 76.3 Å². The zero-order valence-corrected chi connectivity index (χ0v) is 11.5. The lowest BCUT2D eigenvalue weighted by molar-refractivity contribution is -0.152. The zero-order valence-electron chi connectivity index (χ0n) is 10.7. The van der Waals surface area contributed by atoms with Crippen molar-refractivity contribution in [3.05, 3.63) is 0 Å². The van der Waals surface area contributed by atoms with Gasteiger partial charge in [0.2, 0.25) is 11.1 Å². The average Bonchev–Trinajstić information content (AvgIpc) is 2.84. The van der Waals surface area contributed by atoms with Crippen LogP contribution < -0.4 is 10.2 Å². The number of nitrogens with zero attached hydrogens (tertiary/aromatic N) is 3. The number of aliphatic hydroxyl groups excluding tert-OH is 3. The van der Waals surface area contributed by atoms with Gasteiger partial charge in [0.25, 0.3) is 0 Å². The van der Waals surface area contributed by atoms with Crippen LogP contribution in [0.3, 0.4) is 0 Å². The molecule has 0 radical (unpaired) electrons. The number of nitrogens with one attached hydrogen (secondary N) is 1. The molecule has 0 amide bonds. The SMILES string of the molecule is CN(C)c1nsc(N[C@H]2CO[C@H](CO)[C@H](O)[C@@H]2O)n1. The molecule has 1 saturated heterocycles. The van der Waals surface area contributed by atoms with Crippen LogP contribution in [0.15, 0.2) is 0 Å². The first-order chi connectivity index (χ1) is 9.02. The molecule has 1 aliphatic heterocycles. The Morgan fingerprint density at radius 2 is 2.16 bits per heavy atom. The Kier molecular flexibility index (Phi) is 4.53. The maximum atomic E-state index is 9.96. The quantitative estimate of drug-likeness (QED) is 0.530. The Labute approximate surface area is 114 Å². The van der Waals surface area contributed by atoms with Crippen molar-refractivity contribution in [1.29, 1.82) is 0 Å². The van der Waals surface area contributed by atoms with E-state index in [9.17, 15) is 10.2 Å². The van der Waals surface area contributed by atoms with Crippen LogP contribution in [-0.2, 0) is 4.74 Å². The number of aliphatic hydroxyl groups is 3. The third-order valence-corrected chi connectivity index (χ3v) is 3.57. The second-order valence-electron chi connectivity index (χ2n) is 4.58. The van der Waals surface area contributed by atoms with Crippen LogP contribution in [0.1, 0.15) is 0 Å². The number of ether oxygens (including phenoxy) is 1. The lowest BCUT2D eigenvalue weighted by Gasteiger charge is -2.36. The van der Waals surface area contributed by atoms with Crippen LogP contribution in [0.25, 0.3) is 0 Å². The molecule has 0 bridgehead atoms. The molecule has 1 aromatic heterocycles. The minimum Gasteiger partial charge on any atom is -0.394 e. The molecule has 0 saturated carbocycles. The molecular formula is C10H18N4O4S. The monoisotopic (exact) mass is 290 g/mol. The normalized spacial score (nSPS) is 31.2. The fourth-order valence-electron chi connectivity index (χ4n) is 1.78. The van der Waals surface area contributed by atoms with Gasteiger partial charge in [-0.15, -0.1) is 0 Å². The summed E-state index contributed by atoms with van der Waals surface area (Å²) >= 11 is 1.17. The molecule has 0 aliphatic carbocycles. The number of anilines is 2. The van der Waals surface area contributed by atoms with Crippen LogP contribution in [0.5, 0.6) is 0 Å². The molecule has 2 heterocycles. The van der Waals surface area contributed by atoms with E-state index in [2.05, 4.69) is 14.7 Å². The van der Waals surface area contributed by atoms with Crippen LogP contribution >= 0.6 is 11.5 Å². The van der Waals surface area contributed by atoms with Crippen molar-refractivity contribution in [2.45, 2.75) is 24.4 Å². The lowest BCUT2D eigenvalue weighted by Crippen LogP contribution is -2.56. The summed E-state index contributed by atoms with van der Waals surface area (Å²) < 4.78 is 9.40. The third-order valence-electron chi connectivity index (χ3n) is 2.94. The van der Waals surface area contributed by atoms with Gasteiger partial charge < -0.3 is 30.3 Å². The van der Waals surface area contributed by atoms with Gasteiger partial charge in [0, 0.05) is 25.6 Å². The Morgan fingerprint density at radius 3 is 2.74 bits per heavy atom. The van der Waals surface area contributed by atoms with Crippen molar-refractivity contribution < 1.29 is 20.1 Å². The summed E-state index contributed by atoms with van der Waals surface area (Å²) in [5.74, 6) is 0.576. The molecule has 4 N–H and O–H groups in total. The molecule has 1 aromatic rings. The van der Waals surface area contributed by atoms with Crippen molar-refractivity contribution in [1.82, 2.24) is 9.36 Å². The summed E-state index contributed by atoms with van der Waals surface area (Å²) in [6.45, 7) is -0.144. The average molecular weight is 290 g/mol. The summed E-state index contributed by atoms with van der Waals surface area (Å²) in [4.78, 5) is 6.00. The molecule has 0 aromatic carbocycles. The van der Waals surface area contributed by atoms with E-state index in [-0.39, 0.29) is 13.2 Å². The predicted octanol–water partition coefficient (Wildman–Crippen LogP) is -1.50. The van der Waals surface area contributed by atoms with E-state index >= 15 is 0 Å². The van der Waals surface area contributed by atoms with Crippen molar-refractivity contribution in [2.24, 2.45) is 0 Å². The van der Waals surface area contributed by atoms with Crippen LogP contribution in [0, 0.1) is 0 Å². The van der Waals surface area contributed by atoms with Gasteiger partial charge in [0.05, 0.1) is 19.3 Å². The highest BCUT2D eigenvalue weighted by Crippen LogP contribution is 2.22. The first kappa shape index (κ1) is 14.4. The molecular weight excluding hydrogens is 272 g/mol. The maximum absolute atomic E-state index is 9.96. The van der Waals surface area contributed by atoms with Crippen LogP contribution in [0.4, 0.5) is 11.1 Å². The van der Waals surface area contributed by atoms with E-state index in [4.69, 9.17) is 9.84 Å². The smallest absolute Gasteiger partial charge is 0.238 e. The van der Waals surface area contributed by atoms with Gasteiger partial charge in [-0.25, -0.2) is 0 Å². The van der Waals surface area contributed by atoms with Crippen molar-refractivity contribution in [3.8, 4) is 0 Å². The van der Waals surface area contributed by atoms with Crippen LogP contribution in [0.2, 0.25) is 0 Å². The van der Waals surface area contributed by atoms with E-state index < -0.39 is 24.4 Å². The molecule has 0 unspecified atom stereocenters. The zero-order chi connectivity index (χ0) is 14.0. The largest absolute Gasteiger partial charge is 0.394 e. The Bertz CT molecular complexity index is 416. The van der Waals surface area contributed by atoms with E-state index in [1.54, 1.807) is 4.90 Å². The summed E-state index contributed by atoms with van der Waals surface area (Å²) in [5, 5.41) is 32.2. The number of aromatic nitrogens is 2. The maximum Gasteiger partial charge on any atom is 0.238 e. The first-order valence-electron chi connectivity index (χ1n) is 5.89. The number of hydrogen-bond donors (Lipinski definition) is 4. The van der Waals surface area contributed by atoms with Gasteiger partial charge in [-0.2, -0.15) is 9.36 Å². The molecule has 1 aliphatic rings. The van der Waals surface area contributed by atoms with Gasteiger partial charge in [0.15, 0.2) is 0 Å². The van der Waals surface area contributed by atoms with Crippen molar-refractivity contribution in [3.63, 3.8) is 0 Å². The summed E-state index contributed by atoms with van der Waals surface area (Å²) in [6.07, 6.45) is -2.91. The Balaban J connectivity index is 1.99. The summed E-state index contributed by atoms with van der Waals surface area (Å²) in [7, 11) is 3.67. The number of rotatable bonds is 4. The Hall–Kier alpha value is -1.00. The highest BCUT2D eigenvalue weighted by Gasteiger charge is 2.38. The standard InChI is InChI=1S/C10H18N4O4S/c1-14(2)9-12-10(19-13-9)11-5-4-18-6(3-15)8(17)7(5)16/h5-8,15-17H,3-4H2,1-2H3,(H,11,12,13)/t5-,6+,7+,8-/m0/s1. The van der Waals surface area contributed by atoms with Gasteiger partial charge in [0.1, 0.15) is 18.3 Å². The molecule has 19 heavy (non-hydrogen) atoms.